The van der Waals surface area contributed by atoms with Gasteiger partial charge in [0, 0.05) is 23.5 Å². The van der Waals surface area contributed by atoms with E-state index in [1.165, 1.54) is 6.07 Å². The number of halogens is 3. The van der Waals surface area contributed by atoms with E-state index in [0.29, 0.717) is 5.75 Å². The highest BCUT2D eigenvalue weighted by Crippen LogP contribution is 2.35. The van der Waals surface area contributed by atoms with Crippen molar-refractivity contribution >= 4 is 29.0 Å². The van der Waals surface area contributed by atoms with Gasteiger partial charge in [0.2, 0.25) is 5.91 Å². The van der Waals surface area contributed by atoms with Crippen LogP contribution in [0.4, 0.5) is 24.5 Å². The molecule has 106 valence electrons. The van der Waals surface area contributed by atoms with Gasteiger partial charge in [-0.1, -0.05) is 6.92 Å². The fourth-order valence-corrected chi connectivity index (χ4v) is 2.03. The molecule has 0 heterocycles. The lowest BCUT2D eigenvalue weighted by Gasteiger charge is -2.12. The Morgan fingerprint density at radius 2 is 2.11 bits per heavy atom. The Balaban J connectivity index is 2.72. The maximum atomic E-state index is 12.6. The van der Waals surface area contributed by atoms with Gasteiger partial charge < -0.3 is 11.1 Å². The van der Waals surface area contributed by atoms with Crippen molar-refractivity contribution in [3.05, 3.63) is 23.8 Å². The number of benzene rings is 1. The summed E-state index contributed by atoms with van der Waals surface area (Å²) in [6, 6.07) is 3.34. The maximum Gasteiger partial charge on any atom is 0.418 e. The number of nitrogens with two attached hydrogens (primary N) is 1. The second-order valence-electron chi connectivity index (χ2n) is 3.79. The number of hydrogen-bond donors (Lipinski definition) is 2. The molecule has 3 N–H and O–H groups in total. The van der Waals surface area contributed by atoms with Gasteiger partial charge in [-0.2, -0.15) is 24.9 Å². The fraction of sp³-hybridized carbons (Fsp3) is 0.417. The second-order valence-corrected chi connectivity index (χ2v) is 5.19. The predicted molar refractivity (Wildman–Crippen MR) is 72.1 cm³/mol. The summed E-state index contributed by atoms with van der Waals surface area (Å²) >= 11 is 1.60. The lowest BCUT2D eigenvalue weighted by atomic mass is 10.1. The number of carbonyl (C=O) groups excluding carboxylic acids is 1. The smallest absolute Gasteiger partial charge is 0.398 e. The molecular formula is C12H15F3N2OS. The van der Waals surface area contributed by atoms with E-state index in [1.54, 1.807) is 11.8 Å². The molecule has 0 atom stereocenters. The predicted octanol–water partition coefficient (Wildman–Crippen LogP) is 3.37. The Bertz CT molecular complexity index is 449. The quantitative estimate of drug-likeness (QED) is 0.646. The minimum atomic E-state index is -4.52. The molecule has 1 aromatic carbocycles. The van der Waals surface area contributed by atoms with Crippen LogP contribution in [0.5, 0.6) is 0 Å². The number of alkyl halides is 3. The molecule has 0 saturated heterocycles. The number of hydrogen-bond acceptors (Lipinski definition) is 3. The number of carbonyl (C=O) groups is 1. The van der Waals surface area contributed by atoms with Crippen LogP contribution in [0.2, 0.25) is 0 Å². The Kier molecular flexibility index (Phi) is 5.53. The zero-order valence-corrected chi connectivity index (χ0v) is 11.2. The molecule has 1 amide bonds. The fourth-order valence-electron chi connectivity index (χ4n) is 1.41. The molecule has 0 aliphatic carbocycles. The lowest BCUT2D eigenvalue weighted by molar-refractivity contribution is -0.136. The first-order valence-electron chi connectivity index (χ1n) is 5.69. The molecule has 0 unspecified atom stereocenters. The molecule has 0 aliphatic heterocycles. The molecule has 7 heteroatoms. The number of rotatable bonds is 5. The molecule has 1 rings (SSSR count). The summed E-state index contributed by atoms with van der Waals surface area (Å²) in [6.07, 6.45) is -4.26. The van der Waals surface area contributed by atoms with E-state index in [2.05, 4.69) is 5.32 Å². The first kappa shape index (κ1) is 15.7. The summed E-state index contributed by atoms with van der Waals surface area (Å²) in [5, 5.41) is 2.43. The van der Waals surface area contributed by atoms with E-state index in [-0.39, 0.29) is 23.7 Å². The van der Waals surface area contributed by atoms with Gasteiger partial charge in [-0.15, -0.1) is 0 Å². The highest BCUT2D eigenvalue weighted by molar-refractivity contribution is 7.99. The molecule has 0 spiro atoms. The molecule has 0 aromatic heterocycles. The topological polar surface area (TPSA) is 55.1 Å². The van der Waals surface area contributed by atoms with E-state index < -0.39 is 11.7 Å². The van der Waals surface area contributed by atoms with Crippen molar-refractivity contribution in [1.82, 2.24) is 0 Å². The van der Waals surface area contributed by atoms with Crippen molar-refractivity contribution in [1.29, 1.82) is 0 Å². The normalized spacial score (nSPS) is 11.4. The molecular weight excluding hydrogens is 277 g/mol. The molecule has 0 fully saturated rings. The first-order chi connectivity index (χ1) is 8.84. The molecule has 19 heavy (non-hydrogen) atoms. The lowest BCUT2D eigenvalue weighted by Crippen LogP contribution is -2.14. The van der Waals surface area contributed by atoms with E-state index in [4.69, 9.17) is 5.73 Å². The number of nitrogen functional groups attached to an aromatic ring is 1. The summed E-state index contributed by atoms with van der Waals surface area (Å²) in [5.74, 6) is 1.23. The van der Waals surface area contributed by atoms with E-state index in [0.717, 1.165) is 17.9 Å². The van der Waals surface area contributed by atoms with Gasteiger partial charge in [0.1, 0.15) is 0 Å². The third-order valence-electron chi connectivity index (χ3n) is 2.32. The van der Waals surface area contributed by atoms with Crippen molar-refractivity contribution in [3.8, 4) is 0 Å². The Hall–Kier alpha value is -1.37. The first-order valence-corrected chi connectivity index (χ1v) is 6.84. The largest absolute Gasteiger partial charge is 0.418 e. The molecule has 1 aromatic rings. The number of nitrogens with one attached hydrogen (secondary N) is 1. The van der Waals surface area contributed by atoms with E-state index in [1.807, 2.05) is 6.92 Å². The van der Waals surface area contributed by atoms with Crippen molar-refractivity contribution in [2.45, 2.75) is 19.5 Å². The van der Waals surface area contributed by atoms with Crippen LogP contribution in [0.25, 0.3) is 0 Å². The summed E-state index contributed by atoms with van der Waals surface area (Å²) in [4.78, 5) is 11.5. The van der Waals surface area contributed by atoms with Crippen LogP contribution in [0.15, 0.2) is 18.2 Å². The summed E-state index contributed by atoms with van der Waals surface area (Å²) in [6.45, 7) is 1.97. The number of anilines is 2. The summed E-state index contributed by atoms with van der Waals surface area (Å²) < 4.78 is 37.9. The SMILES string of the molecule is CCSCCC(=O)Nc1ccc(N)c(C(F)(F)F)c1. The highest BCUT2D eigenvalue weighted by Gasteiger charge is 2.33. The van der Waals surface area contributed by atoms with Crippen molar-refractivity contribution in [3.63, 3.8) is 0 Å². The van der Waals surface area contributed by atoms with Gasteiger partial charge in [-0.25, -0.2) is 0 Å². The highest BCUT2D eigenvalue weighted by atomic mass is 32.2. The van der Waals surface area contributed by atoms with Crippen LogP contribution in [0, 0.1) is 0 Å². The van der Waals surface area contributed by atoms with Gasteiger partial charge in [0.05, 0.1) is 5.56 Å². The van der Waals surface area contributed by atoms with Crippen LogP contribution >= 0.6 is 11.8 Å². The van der Waals surface area contributed by atoms with Gasteiger partial charge >= 0.3 is 6.18 Å². The Morgan fingerprint density at radius 1 is 1.42 bits per heavy atom. The summed E-state index contributed by atoms with van der Waals surface area (Å²) in [7, 11) is 0. The molecule has 0 saturated carbocycles. The van der Waals surface area contributed by atoms with Crippen molar-refractivity contribution < 1.29 is 18.0 Å². The van der Waals surface area contributed by atoms with Crippen LogP contribution in [0.3, 0.4) is 0 Å². The van der Waals surface area contributed by atoms with Crippen LogP contribution in [-0.4, -0.2) is 17.4 Å². The monoisotopic (exact) mass is 292 g/mol. The molecule has 0 aliphatic rings. The number of amides is 1. The third kappa shape index (κ3) is 5.02. The Morgan fingerprint density at radius 3 is 2.68 bits per heavy atom. The standard InChI is InChI=1S/C12H15F3N2OS/c1-2-19-6-5-11(18)17-8-3-4-10(16)9(7-8)12(13,14)15/h3-4,7H,2,5-6,16H2,1H3,(H,17,18). The minimum absolute atomic E-state index is 0.105. The minimum Gasteiger partial charge on any atom is -0.398 e. The van der Waals surface area contributed by atoms with Gasteiger partial charge in [0.15, 0.2) is 0 Å². The van der Waals surface area contributed by atoms with Gasteiger partial charge in [0.25, 0.3) is 0 Å². The number of thioether (sulfide) groups is 1. The second kappa shape index (κ2) is 6.70. The van der Waals surface area contributed by atoms with Gasteiger partial charge in [-0.3, -0.25) is 4.79 Å². The molecule has 0 bridgehead atoms. The van der Waals surface area contributed by atoms with Crippen LogP contribution < -0.4 is 11.1 Å². The van der Waals surface area contributed by atoms with Crippen LogP contribution in [-0.2, 0) is 11.0 Å². The zero-order chi connectivity index (χ0) is 14.5. The van der Waals surface area contributed by atoms with E-state index in [9.17, 15) is 18.0 Å². The molecule has 3 nitrogen and oxygen atoms in total. The molecule has 0 radical (unpaired) electrons. The van der Waals surface area contributed by atoms with E-state index >= 15 is 0 Å². The summed E-state index contributed by atoms with van der Waals surface area (Å²) in [5.41, 5.74) is 4.08. The van der Waals surface area contributed by atoms with Crippen molar-refractivity contribution in [2.75, 3.05) is 22.6 Å². The van der Waals surface area contributed by atoms with Crippen molar-refractivity contribution in [2.24, 2.45) is 0 Å². The zero-order valence-electron chi connectivity index (χ0n) is 10.4. The average molecular weight is 292 g/mol. The third-order valence-corrected chi connectivity index (χ3v) is 3.22. The maximum absolute atomic E-state index is 12.6. The average Bonchev–Trinajstić information content (AvgIpc) is 2.30. The van der Waals surface area contributed by atoms with Gasteiger partial charge in [-0.05, 0) is 24.0 Å². The Labute approximate surface area is 113 Å². The van der Waals surface area contributed by atoms with Crippen LogP contribution in [0.1, 0.15) is 18.9 Å².